The summed E-state index contributed by atoms with van der Waals surface area (Å²) in [4.78, 5) is 8.49. The largest absolute Gasteiger partial charge is 0.230 e. The Morgan fingerprint density at radius 1 is 1.56 bits per heavy atom. The van der Waals surface area contributed by atoms with Crippen LogP contribution in [0.15, 0.2) is 11.4 Å². The van der Waals surface area contributed by atoms with Crippen LogP contribution in [0.25, 0.3) is 10.9 Å². The lowest BCUT2D eigenvalue weighted by Crippen LogP contribution is -1.98. The Kier molecular flexibility index (Phi) is 5.07. The van der Waals surface area contributed by atoms with Gasteiger partial charge in [-0.2, -0.15) is 0 Å². The van der Waals surface area contributed by atoms with Crippen LogP contribution >= 0.6 is 61.9 Å². The number of rotatable bonds is 3. The van der Waals surface area contributed by atoms with E-state index in [0.717, 1.165) is 11.3 Å². The van der Waals surface area contributed by atoms with Crippen molar-refractivity contribution in [3.63, 3.8) is 0 Å². The molecule has 7 heteroatoms. The highest BCUT2D eigenvalue weighted by atomic mass is 127. The average Bonchev–Trinajstić information content (AvgIpc) is 2.38. The molecule has 2 rings (SSSR count). The minimum Gasteiger partial charge on any atom is -0.230 e. The molecule has 0 spiro atoms. The van der Waals surface area contributed by atoms with E-state index in [1.165, 1.54) is 11.8 Å². The van der Waals surface area contributed by atoms with Gasteiger partial charge in [-0.3, -0.25) is 0 Å². The van der Waals surface area contributed by atoms with Crippen LogP contribution in [-0.2, 0) is 5.33 Å². The standard InChI is InChI=1S/C11H8BrClFIN2S/c1-2-18-11-16-4-6-5(3-12)7(13)9(15)8(14)10(6)17-11/h4H,2-3H2,1H3. The van der Waals surface area contributed by atoms with Gasteiger partial charge in [-0.15, -0.1) is 0 Å². The molecule has 0 unspecified atom stereocenters. The first-order chi connectivity index (χ1) is 8.60. The van der Waals surface area contributed by atoms with Crippen LogP contribution in [0.4, 0.5) is 4.39 Å². The molecule has 2 nitrogen and oxygen atoms in total. The summed E-state index contributed by atoms with van der Waals surface area (Å²) >= 11 is 12.9. The van der Waals surface area contributed by atoms with Crippen LogP contribution in [0.5, 0.6) is 0 Å². The fourth-order valence-electron chi connectivity index (χ4n) is 1.53. The molecule has 2 aromatic rings. The lowest BCUT2D eigenvalue weighted by Gasteiger charge is -2.10. The Morgan fingerprint density at radius 3 is 2.89 bits per heavy atom. The molecule has 1 heterocycles. The Morgan fingerprint density at radius 2 is 2.28 bits per heavy atom. The maximum atomic E-state index is 14.2. The van der Waals surface area contributed by atoms with Gasteiger partial charge in [-0.05, 0) is 33.9 Å². The van der Waals surface area contributed by atoms with Gasteiger partial charge in [0.15, 0.2) is 11.0 Å². The SMILES string of the molecule is CCSc1ncc2c(CBr)c(Cl)c(I)c(F)c2n1. The van der Waals surface area contributed by atoms with Crippen LogP contribution in [0.1, 0.15) is 12.5 Å². The molecule has 0 bridgehead atoms. The highest BCUT2D eigenvalue weighted by molar-refractivity contribution is 14.1. The van der Waals surface area contributed by atoms with Crippen molar-refractivity contribution in [1.82, 2.24) is 9.97 Å². The number of fused-ring (bicyclic) bond motifs is 1. The molecule has 0 aliphatic rings. The predicted octanol–water partition coefficient (Wildman–Crippen LogP) is 5.03. The van der Waals surface area contributed by atoms with E-state index in [4.69, 9.17) is 11.6 Å². The van der Waals surface area contributed by atoms with Gasteiger partial charge in [0.2, 0.25) is 0 Å². The van der Waals surface area contributed by atoms with Crippen molar-refractivity contribution in [2.24, 2.45) is 0 Å². The highest BCUT2D eigenvalue weighted by Gasteiger charge is 2.18. The zero-order valence-corrected chi connectivity index (χ0v) is 14.6. The predicted molar refractivity (Wildman–Crippen MR) is 86.3 cm³/mol. The number of nitrogens with zero attached hydrogens (tertiary/aromatic N) is 2. The van der Waals surface area contributed by atoms with Crippen molar-refractivity contribution in [3.05, 3.63) is 26.2 Å². The Balaban J connectivity index is 2.78. The number of hydrogen-bond acceptors (Lipinski definition) is 3. The fourth-order valence-corrected chi connectivity index (χ4v) is 3.65. The van der Waals surface area contributed by atoms with Gasteiger partial charge in [0.25, 0.3) is 0 Å². The Hall–Kier alpha value is 0.340. The summed E-state index contributed by atoms with van der Waals surface area (Å²) < 4.78 is 14.6. The van der Waals surface area contributed by atoms with E-state index in [0.29, 0.717) is 30.0 Å². The summed E-state index contributed by atoms with van der Waals surface area (Å²) in [5.41, 5.74) is 1.16. The van der Waals surface area contributed by atoms with Gasteiger partial charge in [-0.25, -0.2) is 14.4 Å². The van der Waals surface area contributed by atoms with Gasteiger partial charge >= 0.3 is 0 Å². The number of aromatic nitrogens is 2. The van der Waals surface area contributed by atoms with Gasteiger partial charge in [-0.1, -0.05) is 46.2 Å². The van der Waals surface area contributed by atoms with Crippen molar-refractivity contribution in [1.29, 1.82) is 0 Å². The third kappa shape index (κ3) is 2.62. The number of hydrogen-bond donors (Lipinski definition) is 0. The summed E-state index contributed by atoms with van der Waals surface area (Å²) in [6.45, 7) is 2.00. The van der Waals surface area contributed by atoms with Gasteiger partial charge in [0, 0.05) is 16.9 Å². The van der Waals surface area contributed by atoms with Crippen LogP contribution in [0.2, 0.25) is 5.02 Å². The van der Waals surface area contributed by atoms with E-state index in [2.05, 4.69) is 25.9 Å². The van der Waals surface area contributed by atoms with E-state index in [9.17, 15) is 4.39 Å². The van der Waals surface area contributed by atoms with Crippen molar-refractivity contribution >= 4 is 72.8 Å². The first-order valence-corrected chi connectivity index (χ1v) is 8.67. The summed E-state index contributed by atoms with van der Waals surface area (Å²) in [6, 6.07) is 0. The number of halogens is 4. The number of alkyl halides is 1. The molecule has 0 amide bonds. The lowest BCUT2D eigenvalue weighted by molar-refractivity contribution is 0.627. The van der Waals surface area contributed by atoms with Crippen LogP contribution in [-0.4, -0.2) is 15.7 Å². The van der Waals surface area contributed by atoms with E-state index in [1.54, 1.807) is 6.20 Å². The van der Waals surface area contributed by atoms with E-state index >= 15 is 0 Å². The third-order valence-electron chi connectivity index (χ3n) is 2.36. The zero-order valence-electron chi connectivity index (χ0n) is 9.31. The van der Waals surface area contributed by atoms with Crippen LogP contribution in [0.3, 0.4) is 0 Å². The second-order valence-electron chi connectivity index (χ2n) is 3.40. The quantitative estimate of drug-likeness (QED) is 0.211. The highest BCUT2D eigenvalue weighted by Crippen LogP contribution is 2.34. The molecule has 96 valence electrons. The van der Waals surface area contributed by atoms with Crippen molar-refractivity contribution in [2.45, 2.75) is 17.4 Å². The second kappa shape index (κ2) is 6.19. The summed E-state index contributed by atoms with van der Waals surface area (Å²) in [5.74, 6) is 0.476. The Labute approximate surface area is 135 Å². The molecule has 0 N–H and O–H groups in total. The molecular weight excluding hydrogens is 453 g/mol. The maximum Gasteiger partial charge on any atom is 0.188 e. The Bertz CT molecular complexity index is 611. The molecule has 0 aliphatic carbocycles. The van der Waals surface area contributed by atoms with Crippen molar-refractivity contribution < 1.29 is 4.39 Å². The molecule has 1 aromatic carbocycles. The molecule has 0 radical (unpaired) electrons. The monoisotopic (exact) mass is 460 g/mol. The van der Waals surface area contributed by atoms with E-state index < -0.39 is 0 Å². The number of benzene rings is 1. The van der Waals surface area contributed by atoms with E-state index in [1.807, 2.05) is 29.5 Å². The minimum absolute atomic E-state index is 0.337. The van der Waals surface area contributed by atoms with E-state index in [-0.39, 0.29) is 5.82 Å². The lowest BCUT2D eigenvalue weighted by atomic mass is 10.1. The third-order valence-corrected chi connectivity index (χ3v) is 5.41. The van der Waals surface area contributed by atoms with Gasteiger partial charge in [0.05, 0.1) is 8.59 Å². The molecule has 0 aliphatic heterocycles. The summed E-state index contributed by atoms with van der Waals surface area (Å²) in [6.07, 6.45) is 1.64. The molecule has 0 fully saturated rings. The molecule has 18 heavy (non-hydrogen) atoms. The smallest absolute Gasteiger partial charge is 0.188 e. The normalized spacial score (nSPS) is 11.2. The summed E-state index contributed by atoms with van der Waals surface area (Å²) in [5, 5.41) is 2.22. The fraction of sp³-hybridized carbons (Fsp3) is 0.273. The maximum absolute atomic E-state index is 14.2. The first kappa shape index (κ1) is 14.7. The molecular formula is C11H8BrClFIN2S. The molecule has 0 saturated heterocycles. The molecule has 1 aromatic heterocycles. The second-order valence-corrected chi connectivity index (χ2v) is 6.65. The number of thioether (sulfide) groups is 1. The molecule has 0 saturated carbocycles. The van der Waals surface area contributed by atoms with Crippen LogP contribution < -0.4 is 0 Å². The topological polar surface area (TPSA) is 25.8 Å². The van der Waals surface area contributed by atoms with Crippen molar-refractivity contribution in [2.75, 3.05) is 5.75 Å². The van der Waals surface area contributed by atoms with Gasteiger partial charge in [0.1, 0.15) is 5.52 Å². The summed E-state index contributed by atoms with van der Waals surface area (Å²) in [7, 11) is 0. The molecule has 0 atom stereocenters. The average molecular weight is 462 g/mol. The van der Waals surface area contributed by atoms with Crippen LogP contribution in [0, 0.1) is 9.39 Å². The zero-order chi connectivity index (χ0) is 13.3. The first-order valence-electron chi connectivity index (χ1n) is 5.11. The van der Waals surface area contributed by atoms with Gasteiger partial charge < -0.3 is 0 Å². The van der Waals surface area contributed by atoms with Crippen molar-refractivity contribution in [3.8, 4) is 0 Å². The minimum atomic E-state index is -0.374.